The average Bonchev–Trinajstić information content (AvgIpc) is 3.33. The molecule has 1 aliphatic heterocycles. The Kier molecular flexibility index (Phi) is 6.62. The van der Waals surface area contributed by atoms with Crippen molar-refractivity contribution in [2.75, 3.05) is 31.6 Å². The molecular formula is C26H28N6O2. The predicted octanol–water partition coefficient (Wildman–Crippen LogP) is 3.48. The number of anilines is 1. The van der Waals surface area contributed by atoms with E-state index in [1.54, 1.807) is 12.4 Å². The summed E-state index contributed by atoms with van der Waals surface area (Å²) in [6.07, 6.45) is 4.41. The van der Waals surface area contributed by atoms with E-state index in [0.29, 0.717) is 36.6 Å². The van der Waals surface area contributed by atoms with Crippen LogP contribution in [0.3, 0.4) is 0 Å². The van der Waals surface area contributed by atoms with Gasteiger partial charge in [0.1, 0.15) is 12.6 Å². The third-order valence-corrected chi connectivity index (χ3v) is 5.98. The zero-order valence-corrected chi connectivity index (χ0v) is 18.9. The number of imidazole rings is 1. The summed E-state index contributed by atoms with van der Waals surface area (Å²) in [4.78, 5) is 15.6. The summed E-state index contributed by atoms with van der Waals surface area (Å²) in [5.41, 5.74) is 4.99. The van der Waals surface area contributed by atoms with Crippen molar-refractivity contribution in [3.8, 4) is 11.1 Å². The van der Waals surface area contributed by atoms with Gasteiger partial charge in [0.25, 0.3) is 0 Å². The number of nitrogens with one attached hydrogen (secondary N) is 1. The molecule has 0 aliphatic carbocycles. The molecule has 4 aromatic rings. The van der Waals surface area contributed by atoms with Crippen LogP contribution in [0, 0.1) is 0 Å². The quantitative estimate of drug-likeness (QED) is 0.393. The number of fused-ring (bicyclic) bond motifs is 1. The van der Waals surface area contributed by atoms with E-state index in [9.17, 15) is 5.11 Å². The highest BCUT2D eigenvalue weighted by Gasteiger charge is 2.30. The molecule has 2 N–H and O–H groups in total. The lowest BCUT2D eigenvalue weighted by atomic mass is 10.0. The van der Waals surface area contributed by atoms with Crippen LogP contribution in [0.15, 0.2) is 79.9 Å². The molecule has 0 saturated carbocycles. The van der Waals surface area contributed by atoms with Gasteiger partial charge in [-0.3, -0.25) is 9.47 Å². The molecular weight excluding hydrogens is 428 g/mol. The van der Waals surface area contributed by atoms with Crippen LogP contribution in [0.25, 0.3) is 22.3 Å². The first-order valence-corrected chi connectivity index (χ1v) is 11.4. The number of ether oxygens (including phenoxy) is 1. The van der Waals surface area contributed by atoms with Crippen molar-refractivity contribution in [2.45, 2.75) is 18.9 Å². The van der Waals surface area contributed by atoms with Gasteiger partial charge < -0.3 is 15.2 Å². The fourth-order valence-electron chi connectivity index (χ4n) is 4.33. The molecule has 1 aliphatic rings. The minimum atomic E-state index is -0.318. The molecule has 8 nitrogen and oxygen atoms in total. The van der Waals surface area contributed by atoms with Crippen LogP contribution in [-0.2, 0) is 11.3 Å². The first-order valence-electron chi connectivity index (χ1n) is 11.4. The standard InChI is InChI=1S/C26H28N6O2/c1-2-12-27-25-24-26(29-17-28-25)32(18-30-24)23-15-31(14-22(16-33)34-23)13-19-8-10-21(11-9-19)20-6-4-3-5-7-20/h2-11,17-18,22-23,33H,1,12-16H2,(H,27,28,29)/t22-,23+/m0/s1. The van der Waals surface area contributed by atoms with Crippen LogP contribution in [0.2, 0.25) is 0 Å². The van der Waals surface area contributed by atoms with Gasteiger partial charge in [-0.25, -0.2) is 15.0 Å². The Bertz CT molecular complexity index is 1240. The molecule has 3 heterocycles. The maximum absolute atomic E-state index is 9.89. The summed E-state index contributed by atoms with van der Waals surface area (Å²) < 4.78 is 8.11. The summed E-state index contributed by atoms with van der Waals surface area (Å²) in [6, 6.07) is 19.0. The van der Waals surface area contributed by atoms with E-state index in [0.717, 1.165) is 6.54 Å². The first-order chi connectivity index (χ1) is 16.7. The lowest BCUT2D eigenvalue weighted by Gasteiger charge is -2.38. The molecule has 0 spiro atoms. The van der Waals surface area contributed by atoms with Crippen molar-refractivity contribution < 1.29 is 9.84 Å². The van der Waals surface area contributed by atoms with E-state index in [-0.39, 0.29) is 18.9 Å². The SMILES string of the molecule is C=CCNc1ncnc2c1ncn2[C@H]1CN(Cc2ccc(-c3ccccc3)cc2)C[C@@H](CO)O1. The van der Waals surface area contributed by atoms with E-state index < -0.39 is 0 Å². The van der Waals surface area contributed by atoms with E-state index in [2.05, 4.69) is 80.3 Å². The van der Waals surface area contributed by atoms with Crippen molar-refractivity contribution in [3.63, 3.8) is 0 Å². The van der Waals surface area contributed by atoms with E-state index in [1.165, 1.54) is 23.0 Å². The van der Waals surface area contributed by atoms with Gasteiger partial charge in [-0.2, -0.15) is 0 Å². The Labute approximate surface area is 198 Å². The van der Waals surface area contributed by atoms with E-state index in [4.69, 9.17) is 4.74 Å². The van der Waals surface area contributed by atoms with Gasteiger partial charge in [-0.1, -0.05) is 60.7 Å². The van der Waals surface area contributed by atoms with E-state index >= 15 is 0 Å². The molecule has 1 fully saturated rings. The summed E-state index contributed by atoms with van der Waals surface area (Å²) >= 11 is 0. The number of aliphatic hydroxyl groups is 1. The molecule has 1 saturated heterocycles. The number of morpholine rings is 1. The van der Waals surface area contributed by atoms with Crippen molar-refractivity contribution >= 4 is 17.0 Å². The van der Waals surface area contributed by atoms with Gasteiger partial charge in [0.2, 0.25) is 0 Å². The summed E-state index contributed by atoms with van der Waals surface area (Å²) in [5, 5.41) is 13.1. The molecule has 2 aromatic carbocycles. The highest BCUT2D eigenvalue weighted by Crippen LogP contribution is 2.27. The van der Waals surface area contributed by atoms with Crippen LogP contribution in [0.4, 0.5) is 5.82 Å². The lowest BCUT2D eigenvalue weighted by Crippen LogP contribution is -2.46. The summed E-state index contributed by atoms with van der Waals surface area (Å²) in [5.74, 6) is 0.661. The highest BCUT2D eigenvalue weighted by atomic mass is 16.5. The minimum absolute atomic E-state index is 0.0479. The Morgan fingerprint density at radius 3 is 2.59 bits per heavy atom. The molecule has 34 heavy (non-hydrogen) atoms. The van der Waals surface area contributed by atoms with Crippen LogP contribution in [0.1, 0.15) is 11.8 Å². The van der Waals surface area contributed by atoms with Gasteiger partial charge in [0, 0.05) is 26.2 Å². The number of aliphatic hydroxyl groups excluding tert-OH is 1. The zero-order chi connectivity index (χ0) is 23.3. The molecule has 174 valence electrons. The second-order valence-electron chi connectivity index (χ2n) is 8.37. The topological polar surface area (TPSA) is 88.3 Å². The van der Waals surface area contributed by atoms with Crippen molar-refractivity contribution in [2.24, 2.45) is 0 Å². The van der Waals surface area contributed by atoms with Crippen LogP contribution in [-0.4, -0.2) is 61.9 Å². The van der Waals surface area contributed by atoms with Gasteiger partial charge in [0.05, 0.1) is 19.0 Å². The van der Waals surface area contributed by atoms with Crippen molar-refractivity contribution in [3.05, 3.63) is 85.5 Å². The molecule has 0 radical (unpaired) electrons. The van der Waals surface area contributed by atoms with Gasteiger partial charge >= 0.3 is 0 Å². The van der Waals surface area contributed by atoms with Gasteiger partial charge in [0.15, 0.2) is 17.0 Å². The normalized spacial score (nSPS) is 18.7. The molecule has 5 rings (SSSR count). The summed E-state index contributed by atoms with van der Waals surface area (Å²) in [7, 11) is 0. The van der Waals surface area contributed by atoms with Crippen molar-refractivity contribution in [1.82, 2.24) is 24.4 Å². The number of hydrogen-bond donors (Lipinski definition) is 2. The third-order valence-electron chi connectivity index (χ3n) is 5.98. The molecule has 0 unspecified atom stereocenters. The Morgan fingerprint density at radius 1 is 1.03 bits per heavy atom. The Hall–Kier alpha value is -3.59. The molecule has 8 heteroatoms. The molecule has 0 bridgehead atoms. The highest BCUT2D eigenvalue weighted by molar-refractivity contribution is 5.82. The third kappa shape index (κ3) is 4.70. The second kappa shape index (κ2) is 10.1. The zero-order valence-electron chi connectivity index (χ0n) is 18.9. The van der Waals surface area contributed by atoms with Gasteiger partial charge in [-0.15, -0.1) is 6.58 Å². The summed E-state index contributed by atoms with van der Waals surface area (Å²) in [6.45, 7) is 6.34. The first kappa shape index (κ1) is 22.2. The maximum Gasteiger partial charge on any atom is 0.167 e. The largest absolute Gasteiger partial charge is 0.394 e. The average molecular weight is 457 g/mol. The number of aromatic nitrogens is 4. The predicted molar refractivity (Wildman–Crippen MR) is 132 cm³/mol. The number of hydrogen-bond acceptors (Lipinski definition) is 7. The van der Waals surface area contributed by atoms with Crippen LogP contribution >= 0.6 is 0 Å². The monoisotopic (exact) mass is 456 g/mol. The van der Waals surface area contributed by atoms with Crippen LogP contribution < -0.4 is 5.32 Å². The molecule has 2 aromatic heterocycles. The van der Waals surface area contributed by atoms with E-state index in [1.807, 2.05) is 10.6 Å². The molecule has 2 atom stereocenters. The molecule has 0 amide bonds. The fourth-order valence-corrected chi connectivity index (χ4v) is 4.33. The maximum atomic E-state index is 9.89. The fraction of sp³-hybridized carbons (Fsp3) is 0.269. The van der Waals surface area contributed by atoms with Gasteiger partial charge in [-0.05, 0) is 16.7 Å². The minimum Gasteiger partial charge on any atom is -0.394 e. The number of rotatable bonds is 8. The van der Waals surface area contributed by atoms with Crippen LogP contribution in [0.5, 0.6) is 0 Å². The number of benzene rings is 2. The lowest BCUT2D eigenvalue weighted by molar-refractivity contribution is -0.135. The second-order valence-corrected chi connectivity index (χ2v) is 8.37. The van der Waals surface area contributed by atoms with Crippen molar-refractivity contribution in [1.29, 1.82) is 0 Å². The Balaban J connectivity index is 1.34. The number of nitrogens with zero attached hydrogens (tertiary/aromatic N) is 5. The Morgan fingerprint density at radius 2 is 1.82 bits per heavy atom. The smallest absolute Gasteiger partial charge is 0.167 e.